The van der Waals surface area contributed by atoms with E-state index in [1.807, 2.05) is 18.2 Å². The summed E-state index contributed by atoms with van der Waals surface area (Å²) in [6.45, 7) is 0. The summed E-state index contributed by atoms with van der Waals surface area (Å²) in [5, 5.41) is 3.23. The lowest BCUT2D eigenvalue weighted by Crippen LogP contribution is -2.01. The Hall–Kier alpha value is -0.850. The van der Waals surface area contributed by atoms with E-state index in [2.05, 4.69) is 47.1 Å². The molecule has 0 unspecified atom stereocenters. The monoisotopic (exact) mass is 376 g/mol. The Morgan fingerprint density at radius 1 is 1.29 bits per heavy atom. The Balaban J connectivity index is 2.34. The maximum Gasteiger partial charge on any atom is 0.224 e. The molecule has 1 aromatic heterocycles. The highest BCUT2D eigenvalue weighted by Crippen LogP contribution is 2.30. The molecule has 88 valence electrons. The molecule has 0 aliphatic heterocycles. The van der Waals surface area contributed by atoms with Crippen molar-refractivity contribution in [1.29, 1.82) is 0 Å². The number of nitrogens with zero attached hydrogens (tertiary/aromatic N) is 2. The molecule has 2 aromatic rings. The third-order valence-electron chi connectivity index (χ3n) is 1.97. The Morgan fingerprint density at radius 3 is 2.76 bits per heavy atom. The van der Waals surface area contributed by atoms with Gasteiger partial charge in [-0.1, -0.05) is 15.9 Å². The molecule has 0 amide bonds. The zero-order valence-electron chi connectivity index (χ0n) is 8.42. The molecule has 0 saturated carbocycles. The van der Waals surface area contributed by atoms with Gasteiger partial charge < -0.3 is 11.1 Å². The predicted molar refractivity (Wildman–Crippen MR) is 76.6 cm³/mol. The van der Waals surface area contributed by atoms with Crippen molar-refractivity contribution in [2.75, 3.05) is 11.1 Å². The molecule has 0 aliphatic carbocycles. The van der Waals surface area contributed by atoms with Gasteiger partial charge in [0.2, 0.25) is 5.28 Å². The second kappa shape index (κ2) is 5.20. The number of anilines is 3. The summed E-state index contributed by atoms with van der Waals surface area (Å²) in [4.78, 5) is 7.80. The van der Waals surface area contributed by atoms with Crippen molar-refractivity contribution in [2.45, 2.75) is 0 Å². The van der Waals surface area contributed by atoms with Crippen LogP contribution in [0.1, 0.15) is 0 Å². The molecule has 0 bridgehead atoms. The Morgan fingerprint density at radius 2 is 2.06 bits per heavy atom. The highest BCUT2D eigenvalue weighted by molar-refractivity contribution is 9.11. The van der Waals surface area contributed by atoms with Crippen molar-refractivity contribution in [3.05, 3.63) is 38.6 Å². The molecule has 0 atom stereocenters. The van der Waals surface area contributed by atoms with Crippen LogP contribution in [0.2, 0.25) is 5.28 Å². The third-order valence-corrected chi connectivity index (χ3v) is 3.30. The Labute approximate surface area is 120 Å². The first-order valence-corrected chi connectivity index (χ1v) is 6.53. The van der Waals surface area contributed by atoms with E-state index in [-0.39, 0.29) is 5.28 Å². The third kappa shape index (κ3) is 3.08. The number of rotatable bonds is 2. The first-order valence-electron chi connectivity index (χ1n) is 4.56. The van der Waals surface area contributed by atoms with Gasteiger partial charge in [0, 0.05) is 8.95 Å². The van der Waals surface area contributed by atoms with Gasteiger partial charge in [0.05, 0.1) is 17.6 Å². The first-order chi connectivity index (χ1) is 8.06. The molecule has 1 aromatic carbocycles. The molecule has 3 N–H and O–H groups in total. The van der Waals surface area contributed by atoms with Gasteiger partial charge in [-0.2, -0.15) is 4.98 Å². The lowest BCUT2D eigenvalue weighted by molar-refractivity contribution is 1.17. The molecule has 0 radical (unpaired) electrons. The zero-order chi connectivity index (χ0) is 12.4. The van der Waals surface area contributed by atoms with Crippen LogP contribution < -0.4 is 11.1 Å². The van der Waals surface area contributed by atoms with Crippen LogP contribution in [-0.2, 0) is 0 Å². The van der Waals surface area contributed by atoms with Crippen LogP contribution in [0, 0.1) is 0 Å². The fourth-order valence-corrected chi connectivity index (χ4v) is 2.47. The van der Waals surface area contributed by atoms with Crippen LogP contribution in [0.4, 0.5) is 17.2 Å². The minimum absolute atomic E-state index is 0.148. The second-order valence-electron chi connectivity index (χ2n) is 3.19. The van der Waals surface area contributed by atoms with E-state index in [0.717, 1.165) is 14.6 Å². The van der Waals surface area contributed by atoms with Gasteiger partial charge in [0.25, 0.3) is 0 Å². The van der Waals surface area contributed by atoms with Gasteiger partial charge in [0.1, 0.15) is 0 Å². The fraction of sp³-hybridized carbons (Fsp3) is 0. The number of hydrogen-bond acceptors (Lipinski definition) is 4. The lowest BCUT2D eigenvalue weighted by atomic mass is 10.3. The maximum absolute atomic E-state index is 5.75. The molecule has 0 aliphatic rings. The van der Waals surface area contributed by atoms with E-state index in [1.165, 1.54) is 6.20 Å². The van der Waals surface area contributed by atoms with Gasteiger partial charge in [0.15, 0.2) is 5.82 Å². The highest BCUT2D eigenvalue weighted by Gasteiger charge is 2.06. The van der Waals surface area contributed by atoms with Crippen molar-refractivity contribution in [2.24, 2.45) is 0 Å². The van der Waals surface area contributed by atoms with E-state index in [9.17, 15) is 0 Å². The van der Waals surface area contributed by atoms with Crippen LogP contribution in [0.3, 0.4) is 0 Å². The molecule has 2 rings (SSSR count). The van der Waals surface area contributed by atoms with Gasteiger partial charge in [-0.3, -0.25) is 0 Å². The summed E-state index contributed by atoms with van der Waals surface area (Å²) in [6.07, 6.45) is 1.46. The van der Waals surface area contributed by atoms with Crippen LogP contribution in [0.5, 0.6) is 0 Å². The lowest BCUT2D eigenvalue weighted by Gasteiger charge is -2.09. The highest BCUT2D eigenvalue weighted by atomic mass is 79.9. The second-order valence-corrected chi connectivity index (χ2v) is 5.30. The van der Waals surface area contributed by atoms with Crippen LogP contribution in [0.15, 0.2) is 33.3 Å². The van der Waals surface area contributed by atoms with Crippen LogP contribution in [-0.4, -0.2) is 9.97 Å². The minimum Gasteiger partial charge on any atom is -0.394 e. The predicted octanol–water partition coefficient (Wildman–Crippen LogP) is 3.98. The van der Waals surface area contributed by atoms with Gasteiger partial charge in [-0.05, 0) is 45.7 Å². The van der Waals surface area contributed by atoms with Crippen molar-refractivity contribution < 1.29 is 0 Å². The summed E-state index contributed by atoms with van der Waals surface area (Å²) >= 11 is 12.5. The smallest absolute Gasteiger partial charge is 0.224 e. The van der Waals surface area contributed by atoms with Crippen molar-refractivity contribution in [1.82, 2.24) is 9.97 Å². The number of halogens is 3. The Kier molecular flexibility index (Phi) is 3.86. The summed E-state index contributed by atoms with van der Waals surface area (Å²) in [5.74, 6) is 0.480. The molecule has 17 heavy (non-hydrogen) atoms. The average Bonchev–Trinajstić information content (AvgIpc) is 2.27. The van der Waals surface area contributed by atoms with Crippen molar-refractivity contribution in [3.63, 3.8) is 0 Å². The van der Waals surface area contributed by atoms with E-state index in [1.54, 1.807) is 0 Å². The topological polar surface area (TPSA) is 63.8 Å². The minimum atomic E-state index is 0.148. The summed E-state index contributed by atoms with van der Waals surface area (Å²) in [6, 6.07) is 5.72. The SMILES string of the molecule is Nc1cnc(Cl)nc1Nc1ccc(Br)cc1Br. The normalized spacial score (nSPS) is 10.3. The molecule has 1 heterocycles. The number of aromatic nitrogens is 2. The largest absolute Gasteiger partial charge is 0.394 e. The van der Waals surface area contributed by atoms with Crippen LogP contribution in [0.25, 0.3) is 0 Å². The van der Waals surface area contributed by atoms with Crippen molar-refractivity contribution in [3.8, 4) is 0 Å². The first kappa shape index (κ1) is 12.6. The molecule has 4 nitrogen and oxygen atoms in total. The molecule has 7 heteroatoms. The fourth-order valence-electron chi connectivity index (χ4n) is 1.19. The van der Waals surface area contributed by atoms with Crippen LogP contribution >= 0.6 is 43.5 Å². The molecular formula is C10H7Br2ClN4. The summed E-state index contributed by atoms with van der Waals surface area (Å²) in [5.41, 5.74) is 7.02. The number of benzene rings is 1. The number of nitrogen functional groups attached to an aromatic ring is 1. The van der Waals surface area contributed by atoms with E-state index < -0.39 is 0 Å². The number of nitrogens with one attached hydrogen (secondary N) is 1. The van der Waals surface area contributed by atoms with Gasteiger partial charge in [-0.15, -0.1) is 0 Å². The molecule has 0 saturated heterocycles. The summed E-state index contributed by atoms with van der Waals surface area (Å²) < 4.78 is 1.87. The molecular weight excluding hydrogens is 371 g/mol. The number of hydrogen-bond donors (Lipinski definition) is 2. The van der Waals surface area contributed by atoms with E-state index >= 15 is 0 Å². The van der Waals surface area contributed by atoms with Gasteiger partial charge >= 0.3 is 0 Å². The van der Waals surface area contributed by atoms with Gasteiger partial charge in [-0.25, -0.2) is 4.98 Å². The van der Waals surface area contributed by atoms with E-state index in [0.29, 0.717) is 11.5 Å². The summed E-state index contributed by atoms with van der Waals surface area (Å²) in [7, 11) is 0. The number of nitrogens with two attached hydrogens (primary N) is 1. The zero-order valence-corrected chi connectivity index (χ0v) is 12.3. The Bertz CT molecular complexity index is 562. The molecule has 0 spiro atoms. The standard InChI is InChI=1S/C10H7Br2ClN4/c11-5-1-2-8(6(12)3-5)16-9-7(14)4-15-10(13)17-9/h1-4H,14H2,(H,15,16,17). The van der Waals surface area contributed by atoms with E-state index in [4.69, 9.17) is 17.3 Å². The average molecular weight is 378 g/mol. The van der Waals surface area contributed by atoms with Crippen molar-refractivity contribution >= 4 is 60.7 Å². The molecule has 0 fully saturated rings. The maximum atomic E-state index is 5.75. The quantitative estimate of drug-likeness (QED) is 0.776.